The predicted molar refractivity (Wildman–Crippen MR) is 107 cm³/mol. The Labute approximate surface area is 170 Å². The van der Waals surface area contributed by atoms with Crippen LogP contribution in [0.25, 0.3) is 0 Å². The molecule has 2 aromatic carbocycles. The Hall–Kier alpha value is -2.91. The average Bonchev–Trinajstić information content (AvgIpc) is 2.70. The molecule has 9 heteroatoms. The number of nitrogens with two attached hydrogens (primary N) is 1. The molecule has 3 N–H and O–H groups in total. The van der Waals surface area contributed by atoms with Gasteiger partial charge in [0, 0.05) is 6.54 Å². The number of primary sulfonamides is 1. The number of carbonyl (C=O) groups excluding carboxylic acids is 2. The molecule has 0 heterocycles. The van der Waals surface area contributed by atoms with Crippen LogP contribution in [0.1, 0.15) is 35.7 Å². The second-order valence-electron chi connectivity index (χ2n) is 6.51. The molecule has 0 aliphatic carbocycles. The highest BCUT2D eigenvalue weighted by Crippen LogP contribution is 2.23. The third kappa shape index (κ3) is 6.03. The van der Waals surface area contributed by atoms with Gasteiger partial charge in [0.1, 0.15) is 11.3 Å². The number of hydrogen-bond donors (Lipinski definition) is 2. The minimum absolute atomic E-state index is 0.0783. The number of carbonyl (C=O) groups is 2. The van der Waals surface area contributed by atoms with E-state index in [0.717, 1.165) is 11.6 Å². The maximum Gasteiger partial charge on any atom is 0.342 e. The molecule has 0 bridgehead atoms. The number of sulfonamides is 1. The lowest BCUT2D eigenvalue weighted by molar-refractivity contribution is -0.129. The van der Waals surface area contributed by atoms with Crippen molar-refractivity contribution in [3.8, 4) is 5.75 Å². The van der Waals surface area contributed by atoms with Crippen LogP contribution in [0.5, 0.6) is 5.75 Å². The van der Waals surface area contributed by atoms with Crippen LogP contribution in [0.15, 0.2) is 53.4 Å². The SMILES string of the molecule is COc1ccc(S(N)(=O)=O)cc1C(=O)O[C@@H](C)C(=O)NC[C@@H](C)c1ccccc1. The fraction of sp³-hybridized carbons (Fsp3) is 0.300. The summed E-state index contributed by atoms with van der Waals surface area (Å²) in [7, 11) is -2.69. The van der Waals surface area contributed by atoms with E-state index in [-0.39, 0.29) is 22.1 Å². The van der Waals surface area contributed by atoms with Crippen molar-refractivity contribution in [2.45, 2.75) is 30.8 Å². The summed E-state index contributed by atoms with van der Waals surface area (Å²) >= 11 is 0. The smallest absolute Gasteiger partial charge is 0.342 e. The quantitative estimate of drug-likeness (QED) is 0.628. The second-order valence-corrected chi connectivity index (χ2v) is 8.07. The van der Waals surface area contributed by atoms with Crippen LogP contribution in [0.2, 0.25) is 0 Å². The maximum absolute atomic E-state index is 12.5. The molecule has 0 spiro atoms. The third-order valence-electron chi connectivity index (χ3n) is 4.32. The van der Waals surface area contributed by atoms with Gasteiger partial charge in [-0.15, -0.1) is 0 Å². The monoisotopic (exact) mass is 420 g/mol. The van der Waals surface area contributed by atoms with E-state index in [1.165, 1.54) is 26.2 Å². The van der Waals surface area contributed by atoms with Gasteiger partial charge in [-0.25, -0.2) is 18.4 Å². The third-order valence-corrected chi connectivity index (χ3v) is 5.23. The van der Waals surface area contributed by atoms with Crippen molar-refractivity contribution in [1.29, 1.82) is 0 Å². The Kier molecular flexibility index (Phi) is 7.35. The zero-order valence-corrected chi connectivity index (χ0v) is 17.2. The van der Waals surface area contributed by atoms with Gasteiger partial charge in [-0.1, -0.05) is 37.3 Å². The predicted octanol–water partition coefficient (Wildman–Crippen LogP) is 1.81. The molecule has 156 valence electrons. The number of amides is 1. The first-order valence-electron chi connectivity index (χ1n) is 8.88. The van der Waals surface area contributed by atoms with Crippen molar-refractivity contribution < 1.29 is 27.5 Å². The van der Waals surface area contributed by atoms with Crippen molar-refractivity contribution in [3.05, 3.63) is 59.7 Å². The van der Waals surface area contributed by atoms with E-state index < -0.39 is 28.0 Å². The zero-order valence-electron chi connectivity index (χ0n) is 16.4. The van der Waals surface area contributed by atoms with Crippen LogP contribution in [0, 0.1) is 0 Å². The van der Waals surface area contributed by atoms with Crippen molar-refractivity contribution in [3.63, 3.8) is 0 Å². The molecule has 2 atom stereocenters. The van der Waals surface area contributed by atoms with E-state index in [0.29, 0.717) is 6.54 Å². The fourth-order valence-electron chi connectivity index (χ4n) is 2.60. The van der Waals surface area contributed by atoms with Crippen LogP contribution in [-0.4, -0.2) is 40.1 Å². The minimum atomic E-state index is -4.02. The van der Waals surface area contributed by atoms with Gasteiger partial charge in [0.15, 0.2) is 6.10 Å². The van der Waals surface area contributed by atoms with Crippen LogP contribution in [0.4, 0.5) is 0 Å². The van der Waals surface area contributed by atoms with Crippen LogP contribution in [0.3, 0.4) is 0 Å². The Morgan fingerprint density at radius 1 is 1.10 bits per heavy atom. The average molecular weight is 420 g/mol. The molecule has 0 aliphatic rings. The van der Waals surface area contributed by atoms with E-state index in [1.807, 2.05) is 37.3 Å². The van der Waals surface area contributed by atoms with Crippen molar-refractivity contribution in [1.82, 2.24) is 5.32 Å². The van der Waals surface area contributed by atoms with Crippen LogP contribution < -0.4 is 15.2 Å². The number of ether oxygens (including phenoxy) is 2. The molecule has 0 saturated carbocycles. The summed E-state index contributed by atoms with van der Waals surface area (Å²) in [5.41, 5.74) is 0.929. The lowest BCUT2D eigenvalue weighted by atomic mass is 10.0. The van der Waals surface area contributed by atoms with E-state index in [9.17, 15) is 18.0 Å². The summed E-state index contributed by atoms with van der Waals surface area (Å²) in [5, 5.41) is 7.84. The van der Waals surface area contributed by atoms with Gasteiger partial charge in [-0.05, 0) is 36.6 Å². The number of esters is 1. The summed E-state index contributed by atoms with van der Waals surface area (Å²) in [6.45, 7) is 3.77. The minimum Gasteiger partial charge on any atom is -0.496 e. The molecule has 0 unspecified atom stereocenters. The maximum atomic E-state index is 12.5. The van der Waals surface area contributed by atoms with Gasteiger partial charge in [-0.2, -0.15) is 0 Å². The molecule has 29 heavy (non-hydrogen) atoms. The number of nitrogens with one attached hydrogen (secondary N) is 1. The topological polar surface area (TPSA) is 125 Å². The van der Waals surface area contributed by atoms with Crippen LogP contribution in [-0.2, 0) is 19.6 Å². The summed E-state index contributed by atoms with van der Waals surface area (Å²) < 4.78 is 33.3. The first-order chi connectivity index (χ1) is 13.6. The Morgan fingerprint density at radius 3 is 2.34 bits per heavy atom. The van der Waals surface area contributed by atoms with E-state index in [1.54, 1.807) is 0 Å². The second kappa shape index (κ2) is 9.53. The molecule has 0 aromatic heterocycles. The normalized spacial score (nSPS) is 13.2. The molecule has 2 aromatic rings. The van der Waals surface area contributed by atoms with Gasteiger partial charge in [0.25, 0.3) is 5.91 Å². The summed E-state index contributed by atoms with van der Waals surface area (Å²) in [4.78, 5) is 24.5. The largest absolute Gasteiger partial charge is 0.496 e. The molecule has 1 amide bonds. The van der Waals surface area contributed by atoms with E-state index in [4.69, 9.17) is 14.6 Å². The van der Waals surface area contributed by atoms with Gasteiger partial charge in [0.2, 0.25) is 10.0 Å². The molecular formula is C20H24N2O6S. The summed E-state index contributed by atoms with van der Waals surface area (Å²) in [6, 6.07) is 13.2. The van der Waals surface area contributed by atoms with Gasteiger partial charge >= 0.3 is 5.97 Å². The highest BCUT2D eigenvalue weighted by atomic mass is 32.2. The van der Waals surface area contributed by atoms with Gasteiger partial charge in [-0.3, -0.25) is 4.79 Å². The molecule has 8 nitrogen and oxygen atoms in total. The lowest BCUT2D eigenvalue weighted by Crippen LogP contribution is -2.37. The molecular weight excluding hydrogens is 396 g/mol. The highest BCUT2D eigenvalue weighted by molar-refractivity contribution is 7.89. The number of rotatable bonds is 8. The number of benzene rings is 2. The zero-order chi connectivity index (χ0) is 21.6. The molecule has 0 fully saturated rings. The Bertz CT molecular complexity index is 976. The van der Waals surface area contributed by atoms with Gasteiger partial charge in [0.05, 0.1) is 12.0 Å². The Balaban J connectivity index is 2.03. The number of methoxy groups -OCH3 is 1. The Morgan fingerprint density at radius 2 is 1.76 bits per heavy atom. The van der Waals surface area contributed by atoms with Crippen LogP contribution >= 0.6 is 0 Å². The van der Waals surface area contributed by atoms with E-state index in [2.05, 4.69) is 5.32 Å². The van der Waals surface area contributed by atoms with Gasteiger partial charge < -0.3 is 14.8 Å². The summed E-state index contributed by atoms with van der Waals surface area (Å²) in [5.74, 6) is -1.18. The molecule has 0 aliphatic heterocycles. The first kappa shape index (κ1) is 22.4. The van der Waals surface area contributed by atoms with Crippen molar-refractivity contribution in [2.75, 3.05) is 13.7 Å². The first-order valence-corrected chi connectivity index (χ1v) is 10.4. The highest BCUT2D eigenvalue weighted by Gasteiger charge is 2.23. The van der Waals surface area contributed by atoms with Crippen molar-refractivity contribution >= 4 is 21.9 Å². The number of hydrogen-bond acceptors (Lipinski definition) is 6. The van der Waals surface area contributed by atoms with E-state index >= 15 is 0 Å². The standard InChI is InChI=1S/C20H24N2O6S/c1-13(15-7-5-4-6-8-15)12-22-19(23)14(2)28-20(24)17-11-16(29(21,25)26)9-10-18(17)27-3/h4-11,13-14H,12H2,1-3H3,(H,22,23)(H2,21,25,26)/t13-,14+/m1/s1. The lowest BCUT2D eigenvalue weighted by Gasteiger charge is -2.17. The molecule has 2 rings (SSSR count). The summed E-state index contributed by atoms with van der Waals surface area (Å²) in [6.07, 6.45) is -1.09. The van der Waals surface area contributed by atoms with Crippen molar-refractivity contribution in [2.24, 2.45) is 5.14 Å². The fourth-order valence-corrected chi connectivity index (χ4v) is 3.14. The molecule has 0 saturated heterocycles. The molecule has 0 radical (unpaired) electrons.